The van der Waals surface area contributed by atoms with Crippen LogP contribution in [0.15, 0.2) is 34.1 Å². The molecule has 1 aromatic heterocycles. The van der Waals surface area contributed by atoms with E-state index in [4.69, 9.17) is 0 Å². The van der Waals surface area contributed by atoms with Gasteiger partial charge in [-0.05, 0) is 74.0 Å². The van der Waals surface area contributed by atoms with Crippen LogP contribution in [0.3, 0.4) is 0 Å². The van der Waals surface area contributed by atoms with Crippen LogP contribution in [-0.2, 0) is 11.3 Å². The van der Waals surface area contributed by atoms with Crippen LogP contribution in [0, 0.1) is 23.6 Å². The summed E-state index contributed by atoms with van der Waals surface area (Å²) in [6, 6.07) is 6.88. The quantitative estimate of drug-likeness (QED) is 0.669. The Balaban J connectivity index is 1.40. The van der Waals surface area contributed by atoms with Gasteiger partial charge in [0, 0.05) is 29.1 Å². The van der Waals surface area contributed by atoms with Crippen molar-refractivity contribution < 1.29 is 9.18 Å². The molecular formula is C24H27FN2O2S2. The molecule has 6 rings (SSSR count). The Bertz CT molecular complexity index is 1060. The second-order valence-electron chi connectivity index (χ2n) is 9.59. The van der Waals surface area contributed by atoms with Crippen molar-refractivity contribution >= 4 is 29.0 Å². The van der Waals surface area contributed by atoms with Crippen molar-refractivity contribution in [2.24, 2.45) is 17.8 Å². The predicted octanol–water partition coefficient (Wildman–Crippen LogP) is 4.71. The molecule has 2 saturated carbocycles. The van der Waals surface area contributed by atoms with Gasteiger partial charge in [-0.3, -0.25) is 14.2 Å². The minimum Gasteiger partial charge on any atom is -0.341 e. The fourth-order valence-electron chi connectivity index (χ4n) is 6.51. The highest BCUT2D eigenvalue weighted by Gasteiger charge is 2.55. The molecule has 164 valence electrons. The van der Waals surface area contributed by atoms with Crippen molar-refractivity contribution in [3.05, 3.63) is 50.2 Å². The third-order valence-electron chi connectivity index (χ3n) is 7.92. The maximum atomic E-state index is 13.7. The van der Waals surface area contributed by atoms with Gasteiger partial charge >= 0.3 is 4.87 Å². The first kappa shape index (κ1) is 20.0. The summed E-state index contributed by atoms with van der Waals surface area (Å²) in [5.74, 6) is 1.86. The third-order valence-corrected chi connectivity index (χ3v) is 10.7. The van der Waals surface area contributed by atoms with Gasteiger partial charge in [-0.2, -0.15) is 0 Å². The second-order valence-corrected chi connectivity index (χ2v) is 11.7. The Morgan fingerprint density at radius 3 is 2.58 bits per heavy atom. The van der Waals surface area contributed by atoms with Gasteiger partial charge in [0.1, 0.15) is 12.4 Å². The number of benzene rings is 1. The van der Waals surface area contributed by atoms with Gasteiger partial charge in [0.05, 0.1) is 5.03 Å². The molecule has 1 saturated heterocycles. The lowest BCUT2D eigenvalue weighted by molar-refractivity contribution is -0.132. The van der Waals surface area contributed by atoms with E-state index >= 15 is 0 Å². The summed E-state index contributed by atoms with van der Waals surface area (Å²) in [6.45, 7) is 1.76. The number of likely N-dealkylation sites (tertiary alicyclic amines) is 1. The number of carbonyl (C=O) groups excluding carboxylic acids is 1. The molecule has 1 amide bonds. The van der Waals surface area contributed by atoms with E-state index in [0.717, 1.165) is 41.4 Å². The summed E-state index contributed by atoms with van der Waals surface area (Å²) in [5, 5.41) is 1.50. The Labute approximate surface area is 189 Å². The summed E-state index contributed by atoms with van der Waals surface area (Å²) in [5.41, 5.74) is 1.11. The Morgan fingerprint density at radius 2 is 1.81 bits per heavy atom. The predicted molar refractivity (Wildman–Crippen MR) is 121 cm³/mol. The highest BCUT2D eigenvalue weighted by molar-refractivity contribution is 8.00. The summed E-state index contributed by atoms with van der Waals surface area (Å²) in [6.07, 6.45) is 7.09. The molecular weight excluding hydrogens is 431 g/mol. The fraction of sp³-hybridized carbons (Fsp3) is 0.583. The van der Waals surface area contributed by atoms with Crippen LogP contribution >= 0.6 is 23.1 Å². The number of hydrogen-bond donors (Lipinski definition) is 0. The number of fused-ring (bicyclic) bond motifs is 6. The fourth-order valence-corrected chi connectivity index (χ4v) is 9.66. The Hall–Kier alpha value is -1.60. The van der Waals surface area contributed by atoms with Gasteiger partial charge in [0.15, 0.2) is 0 Å². The first-order valence-corrected chi connectivity index (χ1v) is 13.2. The smallest absolute Gasteiger partial charge is 0.308 e. The number of thiazole rings is 1. The summed E-state index contributed by atoms with van der Waals surface area (Å²) < 4.78 is 15.4. The number of amides is 1. The average molecular weight is 459 g/mol. The van der Waals surface area contributed by atoms with E-state index in [-0.39, 0.29) is 29.1 Å². The zero-order valence-electron chi connectivity index (χ0n) is 17.5. The van der Waals surface area contributed by atoms with E-state index in [2.05, 4.69) is 0 Å². The van der Waals surface area contributed by atoms with E-state index in [1.807, 2.05) is 28.8 Å². The van der Waals surface area contributed by atoms with Crippen LogP contribution in [0.2, 0.25) is 0 Å². The SMILES string of the molecule is O=C(Cn1c2c(sc1=O)[C@@H](c1ccc(F)cc1)[C@@H]1[C@H]3CC[C@@H](C3)[C@H]1S2)N1CCCCC1. The maximum Gasteiger partial charge on any atom is 0.308 e. The number of piperidine rings is 1. The number of halogens is 1. The molecule has 2 bridgehead atoms. The molecule has 31 heavy (non-hydrogen) atoms. The molecule has 0 unspecified atom stereocenters. The maximum absolute atomic E-state index is 13.7. The highest BCUT2D eigenvalue weighted by Crippen LogP contribution is 2.64. The number of thioether (sulfide) groups is 1. The van der Waals surface area contributed by atoms with Crippen LogP contribution in [0.4, 0.5) is 4.39 Å². The largest absolute Gasteiger partial charge is 0.341 e. The lowest BCUT2D eigenvalue weighted by Crippen LogP contribution is -2.39. The van der Waals surface area contributed by atoms with Crippen molar-refractivity contribution in [3.8, 4) is 0 Å². The van der Waals surface area contributed by atoms with Crippen LogP contribution in [0.1, 0.15) is 54.9 Å². The average Bonchev–Trinajstić information content (AvgIpc) is 3.48. The molecule has 0 spiro atoms. The Kier molecular flexibility index (Phi) is 5.02. The zero-order valence-corrected chi connectivity index (χ0v) is 19.1. The van der Waals surface area contributed by atoms with Gasteiger partial charge in [-0.15, -0.1) is 11.8 Å². The second kappa shape index (κ2) is 7.77. The van der Waals surface area contributed by atoms with Crippen molar-refractivity contribution in [1.82, 2.24) is 9.47 Å². The molecule has 2 aliphatic heterocycles. The Morgan fingerprint density at radius 1 is 1.06 bits per heavy atom. The van der Waals surface area contributed by atoms with Crippen molar-refractivity contribution in [2.75, 3.05) is 13.1 Å². The number of hydrogen-bond acceptors (Lipinski definition) is 4. The molecule has 0 N–H and O–H groups in total. The van der Waals surface area contributed by atoms with Gasteiger partial charge in [-0.25, -0.2) is 4.39 Å². The van der Waals surface area contributed by atoms with Gasteiger partial charge < -0.3 is 4.90 Å². The van der Waals surface area contributed by atoms with Crippen LogP contribution in [-0.4, -0.2) is 33.7 Å². The number of rotatable bonds is 3. The minimum absolute atomic E-state index is 0.0257. The molecule has 0 radical (unpaired) electrons. The number of carbonyl (C=O) groups is 1. The molecule has 4 aliphatic rings. The van der Waals surface area contributed by atoms with E-state index in [9.17, 15) is 14.0 Å². The topological polar surface area (TPSA) is 42.3 Å². The molecule has 3 heterocycles. The van der Waals surface area contributed by atoms with Gasteiger partial charge in [0.2, 0.25) is 5.91 Å². The summed E-state index contributed by atoms with van der Waals surface area (Å²) >= 11 is 3.17. The van der Waals surface area contributed by atoms with Crippen molar-refractivity contribution in [3.63, 3.8) is 0 Å². The van der Waals surface area contributed by atoms with E-state index < -0.39 is 0 Å². The molecule has 5 atom stereocenters. The standard InChI is InChI=1S/C24H27FN2O2S2/c25-17-8-6-14(7-9-17)19-20-15-4-5-16(12-15)21(20)30-23-22(19)31-24(29)27(23)13-18(28)26-10-2-1-3-11-26/h6-9,15-16,19-21H,1-5,10-13H2/t15-,16-,19-,20-,21+/m0/s1. The molecule has 2 aliphatic carbocycles. The highest BCUT2D eigenvalue weighted by atomic mass is 32.2. The monoisotopic (exact) mass is 458 g/mol. The first-order chi connectivity index (χ1) is 15.1. The van der Waals surface area contributed by atoms with Crippen molar-refractivity contribution in [1.29, 1.82) is 0 Å². The van der Waals surface area contributed by atoms with Crippen LogP contribution < -0.4 is 4.87 Å². The number of nitrogens with zero attached hydrogens (tertiary/aromatic N) is 2. The lowest BCUT2D eigenvalue weighted by atomic mass is 9.75. The number of aromatic nitrogens is 1. The summed E-state index contributed by atoms with van der Waals surface area (Å²) in [7, 11) is 0. The van der Waals surface area contributed by atoms with E-state index in [1.165, 1.54) is 37.0 Å². The van der Waals surface area contributed by atoms with Gasteiger partial charge in [-0.1, -0.05) is 23.5 Å². The molecule has 2 aromatic rings. The molecule has 7 heteroatoms. The zero-order chi connectivity index (χ0) is 21.1. The van der Waals surface area contributed by atoms with Crippen molar-refractivity contribution in [2.45, 2.75) is 61.3 Å². The molecule has 1 aromatic carbocycles. The van der Waals surface area contributed by atoms with Gasteiger partial charge in [0.25, 0.3) is 0 Å². The molecule has 4 nitrogen and oxygen atoms in total. The first-order valence-electron chi connectivity index (χ1n) is 11.5. The van der Waals surface area contributed by atoms with Crippen LogP contribution in [0.5, 0.6) is 0 Å². The summed E-state index contributed by atoms with van der Waals surface area (Å²) in [4.78, 5) is 29.1. The lowest BCUT2D eigenvalue weighted by Gasteiger charge is -2.40. The minimum atomic E-state index is -0.225. The molecule has 3 fully saturated rings. The normalized spacial score (nSPS) is 31.5. The van der Waals surface area contributed by atoms with Crippen LogP contribution in [0.25, 0.3) is 0 Å². The third kappa shape index (κ3) is 3.30. The van der Waals surface area contributed by atoms with E-state index in [0.29, 0.717) is 23.0 Å². The van der Waals surface area contributed by atoms with E-state index in [1.54, 1.807) is 16.7 Å².